The number of H-pyrrole nitrogens is 1. The van der Waals surface area contributed by atoms with Gasteiger partial charge in [-0.2, -0.15) is 0 Å². The lowest BCUT2D eigenvalue weighted by atomic mass is 10.1. The average molecular weight is 359 g/mol. The van der Waals surface area contributed by atoms with Gasteiger partial charge in [0.2, 0.25) is 10.0 Å². The van der Waals surface area contributed by atoms with Crippen molar-refractivity contribution >= 4 is 21.6 Å². The van der Waals surface area contributed by atoms with Crippen LogP contribution in [0.15, 0.2) is 42.6 Å². The molecule has 1 N–H and O–H groups in total. The Bertz CT molecular complexity index is 877. The maximum absolute atomic E-state index is 13.2. The van der Waals surface area contributed by atoms with Gasteiger partial charge in [-0.1, -0.05) is 18.2 Å². The first-order valence-electron chi connectivity index (χ1n) is 8.59. The van der Waals surface area contributed by atoms with Crippen LogP contribution in [0.5, 0.6) is 0 Å². The third kappa shape index (κ3) is 2.82. The summed E-state index contributed by atoms with van der Waals surface area (Å²) in [6, 6.07) is 11.1. The van der Waals surface area contributed by atoms with Crippen LogP contribution < -0.4 is 4.31 Å². The maximum atomic E-state index is 13.2. The number of aromatic amines is 1. The fourth-order valence-electron chi connectivity index (χ4n) is 3.75. The minimum absolute atomic E-state index is 0.133. The minimum atomic E-state index is -3.48. The van der Waals surface area contributed by atoms with E-state index < -0.39 is 15.3 Å². The van der Waals surface area contributed by atoms with Gasteiger partial charge < -0.3 is 9.88 Å². The number of sulfonamides is 1. The summed E-state index contributed by atoms with van der Waals surface area (Å²) in [6.07, 6.45) is 3.74. The van der Waals surface area contributed by atoms with E-state index in [1.807, 2.05) is 24.3 Å². The number of fused-ring (bicyclic) bond motifs is 1. The number of aromatic nitrogens is 1. The number of likely N-dealkylation sites (tertiary alicyclic amines) is 1. The van der Waals surface area contributed by atoms with Crippen LogP contribution in [0.4, 0.5) is 5.69 Å². The molecule has 4 rings (SSSR count). The Morgan fingerprint density at radius 3 is 2.76 bits per heavy atom. The van der Waals surface area contributed by atoms with Crippen molar-refractivity contribution in [3.8, 4) is 0 Å². The Hall–Kier alpha value is -2.28. The van der Waals surface area contributed by atoms with Crippen molar-refractivity contribution in [3.63, 3.8) is 0 Å². The number of hydrogen-bond donors (Lipinski definition) is 1. The summed E-state index contributed by atoms with van der Waals surface area (Å²) in [4.78, 5) is 17.1. The molecule has 7 heteroatoms. The van der Waals surface area contributed by atoms with Crippen LogP contribution in [0, 0.1) is 0 Å². The van der Waals surface area contributed by atoms with Crippen LogP contribution >= 0.6 is 0 Å². The third-order valence-electron chi connectivity index (χ3n) is 5.07. The number of carbonyl (C=O) groups excluding carboxylic acids is 1. The molecule has 2 aliphatic heterocycles. The molecule has 0 unspecified atom stereocenters. The van der Waals surface area contributed by atoms with Gasteiger partial charge in [0.1, 0.15) is 5.69 Å². The topological polar surface area (TPSA) is 73.5 Å². The number of nitrogens with one attached hydrogen (secondary N) is 1. The Morgan fingerprint density at radius 2 is 1.96 bits per heavy atom. The molecule has 1 atom stereocenters. The summed E-state index contributed by atoms with van der Waals surface area (Å²) in [5.74, 6) is -0.133. The normalized spacial score (nSPS) is 20.6. The van der Waals surface area contributed by atoms with Crippen LogP contribution in [-0.4, -0.2) is 49.1 Å². The molecule has 1 aromatic heterocycles. The van der Waals surface area contributed by atoms with Gasteiger partial charge in [0.25, 0.3) is 5.91 Å². The smallest absolute Gasteiger partial charge is 0.270 e. The highest BCUT2D eigenvalue weighted by Crippen LogP contribution is 2.33. The number of hydrogen-bond acceptors (Lipinski definition) is 3. The predicted molar refractivity (Wildman–Crippen MR) is 96.1 cm³/mol. The number of carbonyl (C=O) groups is 1. The predicted octanol–water partition coefficient (Wildman–Crippen LogP) is 2.01. The van der Waals surface area contributed by atoms with Gasteiger partial charge in [-0.05, 0) is 43.0 Å². The van der Waals surface area contributed by atoms with Gasteiger partial charge in [0.15, 0.2) is 0 Å². The van der Waals surface area contributed by atoms with Gasteiger partial charge >= 0.3 is 0 Å². The largest absolute Gasteiger partial charge is 0.357 e. The lowest BCUT2D eigenvalue weighted by molar-refractivity contribution is 0.0721. The SMILES string of the molecule is O=C(c1ccc[nH]1)N1CCC[C@@H](S(=O)(=O)N2CCc3ccccc32)C1. The summed E-state index contributed by atoms with van der Waals surface area (Å²) < 4.78 is 27.9. The zero-order chi connectivity index (χ0) is 17.4. The molecule has 0 saturated carbocycles. The van der Waals surface area contributed by atoms with Crippen LogP contribution in [-0.2, 0) is 16.4 Å². The van der Waals surface area contributed by atoms with Gasteiger partial charge in [-0.15, -0.1) is 0 Å². The van der Waals surface area contributed by atoms with E-state index in [1.165, 1.54) is 4.31 Å². The molecule has 6 nitrogen and oxygen atoms in total. The molecular weight excluding hydrogens is 338 g/mol. The van der Waals surface area contributed by atoms with Gasteiger partial charge in [-0.3, -0.25) is 9.10 Å². The first-order valence-corrected chi connectivity index (χ1v) is 10.1. The highest BCUT2D eigenvalue weighted by molar-refractivity contribution is 7.93. The van der Waals surface area contributed by atoms with Gasteiger partial charge in [-0.25, -0.2) is 8.42 Å². The third-order valence-corrected chi connectivity index (χ3v) is 7.29. The van der Waals surface area contributed by atoms with E-state index in [1.54, 1.807) is 23.2 Å². The fourth-order valence-corrected chi connectivity index (χ4v) is 5.74. The highest BCUT2D eigenvalue weighted by Gasteiger charge is 2.39. The van der Waals surface area contributed by atoms with Crippen molar-refractivity contribution in [3.05, 3.63) is 53.9 Å². The average Bonchev–Trinajstić information content (AvgIpc) is 3.31. The standard InChI is InChI=1S/C18H21N3O3S/c22-18(16-7-3-10-19-16)20-11-4-6-15(13-20)25(23,24)21-12-9-14-5-1-2-8-17(14)21/h1-3,5,7-8,10,15,19H,4,6,9,11-13H2/t15-/m1/s1. The number of rotatable bonds is 3. The Kier molecular flexibility index (Phi) is 4.03. The van der Waals surface area contributed by atoms with Crippen LogP contribution in [0.1, 0.15) is 28.9 Å². The minimum Gasteiger partial charge on any atom is -0.357 e. The molecule has 25 heavy (non-hydrogen) atoms. The zero-order valence-electron chi connectivity index (χ0n) is 13.9. The second-order valence-corrected chi connectivity index (χ2v) is 8.73. The molecule has 1 fully saturated rings. The van der Waals surface area contributed by atoms with E-state index in [0.29, 0.717) is 31.6 Å². The van der Waals surface area contributed by atoms with E-state index in [2.05, 4.69) is 4.98 Å². The number of benzene rings is 1. The van der Waals surface area contributed by atoms with E-state index in [9.17, 15) is 13.2 Å². The summed E-state index contributed by atoms with van der Waals surface area (Å²) >= 11 is 0. The maximum Gasteiger partial charge on any atom is 0.270 e. The number of anilines is 1. The van der Waals surface area contributed by atoms with Crippen LogP contribution in [0.2, 0.25) is 0 Å². The van der Waals surface area contributed by atoms with E-state index >= 15 is 0 Å². The molecule has 0 radical (unpaired) electrons. The lowest BCUT2D eigenvalue weighted by Gasteiger charge is -2.34. The van der Waals surface area contributed by atoms with Gasteiger partial charge in [0.05, 0.1) is 10.9 Å². The van der Waals surface area contributed by atoms with Crippen molar-refractivity contribution in [2.24, 2.45) is 0 Å². The Balaban J connectivity index is 1.56. The second kappa shape index (κ2) is 6.22. The first-order chi connectivity index (χ1) is 12.1. The van der Waals surface area contributed by atoms with Crippen molar-refractivity contribution in [1.29, 1.82) is 0 Å². The summed E-state index contributed by atoms with van der Waals surface area (Å²) in [5.41, 5.74) is 2.36. The molecule has 0 bridgehead atoms. The summed E-state index contributed by atoms with van der Waals surface area (Å²) in [7, 11) is -3.48. The second-order valence-electron chi connectivity index (χ2n) is 6.59. The van der Waals surface area contributed by atoms with Crippen LogP contribution in [0.25, 0.3) is 0 Å². The summed E-state index contributed by atoms with van der Waals surface area (Å²) in [6.45, 7) is 1.34. The first kappa shape index (κ1) is 16.2. The molecule has 3 heterocycles. The molecule has 0 spiro atoms. The molecule has 2 aromatic rings. The number of para-hydroxylation sites is 1. The number of nitrogens with zero attached hydrogens (tertiary/aromatic N) is 2. The van der Waals surface area contributed by atoms with Crippen LogP contribution in [0.3, 0.4) is 0 Å². The quantitative estimate of drug-likeness (QED) is 0.911. The molecular formula is C18H21N3O3S. The number of piperidine rings is 1. The molecule has 1 amide bonds. The lowest BCUT2D eigenvalue weighted by Crippen LogP contribution is -2.49. The van der Waals surface area contributed by atoms with Crippen molar-refractivity contribution in [2.45, 2.75) is 24.5 Å². The number of amides is 1. The molecule has 0 aliphatic carbocycles. The molecule has 2 aliphatic rings. The fraction of sp³-hybridized carbons (Fsp3) is 0.389. The zero-order valence-corrected chi connectivity index (χ0v) is 14.7. The van der Waals surface area contributed by atoms with E-state index in [4.69, 9.17) is 0 Å². The summed E-state index contributed by atoms with van der Waals surface area (Å²) in [5, 5.41) is -0.550. The van der Waals surface area contributed by atoms with Crippen molar-refractivity contribution < 1.29 is 13.2 Å². The van der Waals surface area contributed by atoms with Crippen molar-refractivity contribution in [2.75, 3.05) is 23.9 Å². The highest BCUT2D eigenvalue weighted by atomic mass is 32.2. The monoisotopic (exact) mass is 359 g/mol. The van der Waals surface area contributed by atoms with E-state index in [-0.39, 0.29) is 12.5 Å². The Labute approximate surface area is 147 Å². The molecule has 132 valence electrons. The Morgan fingerprint density at radius 1 is 1.12 bits per heavy atom. The van der Waals surface area contributed by atoms with Gasteiger partial charge in [0, 0.05) is 25.8 Å². The van der Waals surface area contributed by atoms with Crippen molar-refractivity contribution in [1.82, 2.24) is 9.88 Å². The van der Waals surface area contributed by atoms with E-state index in [0.717, 1.165) is 17.7 Å². The molecule has 1 saturated heterocycles. The molecule has 1 aromatic carbocycles.